The molecule has 2 rings (SSSR count). The van der Waals surface area contributed by atoms with E-state index in [0.717, 1.165) is 12.5 Å². The van der Waals surface area contributed by atoms with E-state index >= 15 is 0 Å². The standard InChI is InChI=1S/C15H23N/c1-15(2,3)14-8-6-12(7-9-14)13-5-4-10-16-11-13/h6-9,13,16H,4-5,10-11H2,1-3H3/t13-/m1/s1. The number of piperidine rings is 1. The van der Waals surface area contributed by atoms with Gasteiger partial charge in [-0.05, 0) is 41.8 Å². The summed E-state index contributed by atoms with van der Waals surface area (Å²) in [6, 6.07) is 9.23. The average molecular weight is 217 g/mol. The molecule has 0 saturated carbocycles. The van der Waals surface area contributed by atoms with E-state index in [1.165, 1.54) is 30.5 Å². The summed E-state index contributed by atoms with van der Waals surface area (Å²) in [5.74, 6) is 0.725. The quantitative estimate of drug-likeness (QED) is 0.759. The summed E-state index contributed by atoms with van der Waals surface area (Å²) in [7, 11) is 0. The highest BCUT2D eigenvalue weighted by Crippen LogP contribution is 2.27. The lowest BCUT2D eigenvalue weighted by Crippen LogP contribution is -2.28. The summed E-state index contributed by atoms with van der Waals surface area (Å²) in [5.41, 5.74) is 3.20. The number of hydrogen-bond acceptors (Lipinski definition) is 1. The normalized spacial score (nSPS) is 22.1. The Morgan fingerprint density at radius 1 is 1.12 bits per heavy atom. The van der Waals surface area contributed by atoms with E-state index in [2.05, 4.69) is 50.4 Å². The van der Waals surface area contributed by atoms with Crippen molar-refractivity contribution in [3.8, 4) is 0 Å². The van der Waals surface area contributed by atoms with Crippen molar-refractivity contribution in [1.29, 1.82) is 0 Å². The van der Waals surface area contributed by atoms with Crippen LogP contribution in [-0.4, -0.2) is 13.1 Å². The van der Waals surface area contributed by atoms with E-state index in [-0.39, 0.29) is 5.41 Å². The van der Waals surface area contributed by atoms with Crippen LogP contribution in [-0.2, 0) is 5.41 Å². The molecule has 1 nitrogen and oxygen atoms in total. The van der Waals surface area contributed by atoms with Crippen LogP contribution in [0.3, 0.4) is 0 Å². The van der Waals surface area contributed by atoms with Gasteiger partial charge in [0.15, 0.2) is 0 Å². The molecule has 1 atom stereocenters. The highest BCUT2D eigenvalue weighted by molar-refractivity contribution is 5.29. The van der Waals surface area contributed by atoms with Gasteiger partial charge in [0.1, 0.15) is 0 Å². The topological polar surface area (TPSA) is 12.0 Å². The molecule has 88 valence electrons. The molecular formula is C15H23N. The summed E-state index contributed by atoms with van der Waals surface area (Å²) in [4.78, 5) is 0. The Labute approximate surface area is 99.3 Å². The molecule has 1 aromatic carbocycles. The second-order valence-electron chi connectivity index (χ2n) is 5.92. The molecule has 1 aliphatic heterocycles. The monoisotopic (exact) mass is 217 g/mol. The van der Waals surface area contributed by atoms with Gasteiger partial charge in [0.2, 0.25) is 0 Å². The third-order valence-corrected chi connectivity index (χ3v) is 3.54. The lowest BCUT2D eigenvalue weighted by molar-refractivity contribution is 0.461. The molecule has 0 spiro atoms. The van der Waals surface area contributed by atoms with Crippen molar-refractivity contribution in [3.63, 3.8) is 0 Å². The first-order valence-electron chi connectivity index (χ1n) is 6.38. The molecule has 1 saturated heterocycles. The van der Waals surface area contributed by atoms with Gasteiger partial charge >= 0.3 is 0 Å². The van der Waals surface area contributed by atoms with Crippen LogP contribution in [0, 0.1) is 0 Å². The molecule has 16 heavy (non-hydrogen) atoms. The van der Waals surface area contributed by atoms with Crippen LogP contribution < -0.4 is 5.32 Å². The fourth-order valence-electron chi connectivity index (χ4n) is 2.39. The van der Waals surface area contributed by atoms with Crippen molar-refractivity contribution in [3.05, 3.63) is 35.4 Å². The number of rotatable bonds is 1. The third-order valence-electron chi connectivity index (χ3n) is 3.54. The summed E-state index contributed by atoms with van der Waals surface area (Å²) >= 11 is 0. The van der Waals surface area contributed by atoms with E-state index in [0.29, 0.717) is 0 Å². The number of hydrogen-bond donors (Lipinski definition) is 1. The summed E-state index contributed by atoms with van der Waals surface area (Å²) in [6.45, 7) is 9.14. The third kappa shape index (κ3) is 2.65. The predicted molar refractivity (Wildman–Crippen MR) is 70.0 cm³/mol. The van der Waals surface area contributed by atoms with Crippen molar-refractivity contribution in [2.24, 2.45) is 0 Å². The smallest absolute Gasteiger partial charge is 0.00201 e. The Bertz CT molecular complexity index is 325. The Morgan fingerprint density at radius 3 is 2.31 bits per heavy atom. The largest absolute Gasteiger partial charge is 0.316 e. The minimum Gasteiger partial charge on any atom is -0.316 e. The van der Waals surface area contributed by atoms with E-state index in [1.54, 1.807) is 0 Å². The first-order valence-corrected chi connectivity index (χ1v) is 6.38. The maximum Gasteiger partial charge on any atom is 0.00201 e. The van der Waals surface area contributed by atoms with Crippen LogP contribution in [0.5, 0.6) is 0 Å². The molecule has 0 bridgehead atoms. The Kier molecular flexibility index (Phi) is 3.34. The number of benzene rings is 1. The van der Waals surface area contributed by atoms with Crippen LogP contribution in [0.4, 0.5) is 0 Å². The number of nitrogens with one attached hydrogen (secondary N) is 1. The molecule has 0 radical (unpaired) electrons. The SMILES string of the molecule is CC(C)(C)c1ccc([C@@H]2CCCNC2)cc1. The molecule has 1 fully saturated rings. The van der Waals surface area contributed by atoms with Crippen LogP contribution in [0.2, 0.25) is 0 Å². The fourth-order valence-corrected chi connectivity index (χ4v) is 2.39. The minimum absolute atomic E-state index is 0.267. The van der Waals surface area contributed by atoms with E-state index in [9.17, 15) is 0 Å². The molecule has 0 amide bonds. The molecule has 1 N–H and O–H groups in total. The van der Waals surface area contributed by atoms with E-state index in [1.807, 2.05) is 0 Å². The molecule has 1 aromatic rings. The van der Waals surface area contributed by atoms with Crippen LogP contribution in [0.15, 0.2) is 24.3 Å². The maximum absolute atomic E-state index is 3.48. The van der Waals surface area contributed by atoms with E-state index < -0.39 is 0 Å². The highest BCUT2D eigenvalue weighted by atomic mass is 14.9. The molecule has 1 heterocycles. The minimum atomic E-state index is 0.267. The first kappa shape index (κ1) is 11.7. The van der Waals surface area contributed by atoms with Gasteiger partial charge in [-0.15, -0.1) is 0 Å². The first-order chi connectivity index (χ1) is 7.57. The van der Waals surface area contributed by atoms with Crippen molar-refractivity contribution >= 4 is 0 Å². The predicted octanol–water partition coefficient (Wildman–Crippen LogP) is 3.45. The zero-order valence-electron chi connectivity index (χ0n) is 10.7. The van der Waals surface area contributed by atoms with Gasteiger partial charge in [-0.1, -0.05) is 45.0 Å². The summed E-state index contributed by atoms with van der Waals surface area (Å²) in [5, 5.41) is 3.48. The van der Waals surface area contributed by atoms with Gasteiger partial charge in [0.05, 0.1) is 0 Å². The van der Waals surface area contributed by atoms with Gasteiger partial charge in [0, 0.05) is 6.54 Å². The molecule has 1 aliphatic rings. The maximum atomic E-state index is 3.48. The van der Waals surface area contributed by atoms with Gasteiger partial charge in [-0.3, -0.25) is 0 Å². The molecule has 0 unspecified atom stereocenters. The van der Waals surface area contributed by atoms with Gasteiger partial charge < -0.3 is 5.32 Å². The summed E-state index contributed by atoms with van der Waals surface area (Å²) < 4.78 is 0. The van der Waals surface area contributed by atoms with Crippen molar-refractivity contribution < 1.29 is 0 Å². The zero-order chi connectivity index (χ0) is 11.6. The Balaban J connectivity index is 2.12. The Hall–Kier alpha value is -0.820. The van der Waals surface area contributed by atoms with Crippen LogP contribution in [0.1, 0.15) is 50.7 Å². The molecular weight excluding hydrogens is 194 g/mol. The van der Waals surface area contributed by atoms with Crippen LogP contribution >= 0.6 is 0 Å². The van der Waals surface area contributed by atoms with Crippen molar-refractivity contribution in [1.82, 2.24) is 5.32 Å². The molecule has 0 aliphatic carbocycles. The lowest BCUT2D eigenvalue weighted by Gasteiger charge is -2.24. The van der Waals surface area contributed by atoms with Crippen molar-refractivity contribution in [2.75, 3.05) is 13.1 Å². The van der Waals surface area contributed by atoms with Crippen molar-refractivity contribution in [2.45, 2.75) is 44.9 Å². The second-order valence-corrected chi connectivity index (χ2v) is 5.92. The lowest BCUT2D eigenvalue weighted by atomic mass is 9.84. The zero-order valence-corrected chi connectivity index (χ0v) is 10.7. The summed E-state index contributed by atoms with van der Waals surface area (Å²) in [6.07, 6.45) is 2.65. The van der Waals surface area contributed by atoms with Gasteiger partial charge in [0.25, 0.3) is 0 Å². The average Bonchev–Trinajstić information content (AvgIpc) is 2.29. The van der Waals surface area contributed by atoms with Gasteiger partial charge in [-0.2, -0.15) is 0 Å². The highest BCUT2D eigenvalue weighted by Gasteiger charge is 2.17. The second kappa shape index (κ2) is 4.58. The Morgan fingerprint density at radius 2 is 1.81 bits per heavy atom. The fraction of sp³-hybridized carbons (Fsp3) is 0.600. The van der Waals surface area contributed by atoms with E-state index in [4.69, 9.17) is 0 Å². The van der Waals surface area contributed by atoms with Crippen LogP contribution in [0.25, 0.3) is 0 Å². The van der Waals surface area contributed by atoms with Gasteiger partial charge in [-0.25, -0.2) is 0 Å². The molecule has 1 heteroatoms. The molecule has 0 aromatic heterocycles.